The summed E-state index contributed by atoms with van der Waals surface area (Å²) in [7, 11) is 0. The summed E-state index contributed by atoms with van der Waals surface area (Å²) in [6.45, 7) is 4.00. The van der Waals surface area contributed by atoms with E-state index in [1.54, 1.807) is 31.2 Å². The molecule has 1 N–H and O–H groups in total. The predicted molar refractivity (Wildman–Crippen MR) is 95.8 cm³/mol. The van der Waals surface area contributed by atoms with E-state index in [-0.39, 0.29) is 25.0 Å². The third kappa shape index (κ3) is 8.23. The molecule has 7 heteroatoms. The molecule has 1 saturated carbocycles. The Morgan fingerprint density at radius 3 is 2.60 bits per heavy atom. The lowest BCUT2D eigenvalue weighted by molar-refractivity contribution is -0.144. The molecule has 25 heavy (non-hydrogen) atoms. The third-order valence-electron chi connectivity index (χ3n) is 3.75. The molecule has 1 aliphatic carbocycles. The molecule has 0 spiro atoms. The third-order valence-corrected chi connectivity index (χ3v) is 4.00. The number of carbonyl (C=O) groups is 2. The van der Waals surface area contributed by atoms with Gasteiger partial charge in [-0.3, -0.25) is 14.5 Å². The average Bonchev–Trinajstić information content (AvgIpc) is 3.37. The Bertz CT molecular complexity index is 561. The van der Waals surface area contributed by atoms with Gasteiger partial charge in [-0.2, -0.15) is 0 Å². The van der Waals surface area contributed by atoms with Crippen LogP contribution in [0.3, 0.4) is 0 Å². The van der Waals surface area contributed by atoms with Gasteiger partial charge in [-0.1, -0.05) is 11.6 Å². The van der Waals surface area contributed by atoms with Crippen molar-refractivity contribution in [1.82, 2.24) is 10.2 Å². The van der Waals surface area contributed by atoms with Crippen LogP contribution in [0.15, 0.2) is 24.3 Å². The van der Waals surface area contributed by atoms with Gasteiger partial charge in [0.1, 0.15) is 12.4 Å². The number of nitrogens with one attached hydrogen (secondary N) is 1. The molecule has 6 nitrogen and oxygen atoms in total. The fourth-order valence-electron chi connectivity index (χ4n) is 2.39. The molecule has 0 radical (unpaired) electrons. The second-order valence-corrected chi connectivity index (χ2v) is 6.51. The minimum Gasteiger partial charge on any atom is -0.492 e. The van der Waals surface area contributed by atoms with Crippen molar-refractivity contribution in [3.63, 3.8) is 0 Å². The summed E-state index contributed by atoms with van der Waals surface area (Å²) in [6, 6.07) is 7.06. The van der Waals surface area contributed by atoms with Gasteiger partial charge in [0, 0.05) is 11.6 Å². The van der Waals surface area contributed by atoms with Gasteiger partial charge in [0.05, 0.1) is 26.2 Å². The highest BCUT2D eigenvalue weighted by Gasteiger charge is 2.26. The van der Waals surface area contributed by atoms with Gasteiger partial charge in [0.15, 0.2) is 0 Å². The lowest BCUT2D eigenvalue weighted by Gasteiger charge is -2.20. The minimum absolute atomic E-state index is 0.121. The maximum absolute atomic E-state index is 12.1. The fourth-order valence-corrected chi connectivity index (χ4v) is 2.51. The van der Waals surface area contributed by atoms with Crippen molar-refractivity contribution in [2.45, 2.75) is 19.8 Å². The van der Waals surface area contributed by atoms with Gasteiger partial charge in [0.2, 0.25) is 5.91 Å². The number of halogens is 1. The van der Waals surface area contributed by atoms with Crippen LogP contribution < -0.4 is 10.1 Å². The maximum atomic E-state index is 12.1. The molecule has 0 heterocycles. The summed E-state index contributed by atoms with van der Waals surface area (Å²) in [5.41, 5.74) is 0. The Morgan fingerprint density at radius 2 is 1.96 bits per heavy atom. The number of amides is 1. The molecule has 0 saturated heterocycles. The van der Waals surface area contributed by atoms with Gasteiger partial charge in [0.25, 0.3) is 0 Å². The van der Waals surface area contributed by atoms with Crippen LogP contribution in [0.25, 0.3) is 0 Å². The largest absolute Gasteiger partial charge is 0.492 e. The Kier molecular flexibility index (Phi) is 8.01. The van der Waals surface area contributed by atoms with E-state index in [9.17, 15) is 9.59 Å². The Labute approximate surface area is 153 Å². The lowest BCUT2D eigenvalue weighted by Crippen LogP contribution is -2.42. The number of esters is 1. The summed E-state index contributed by atoms with van der Waals surface area (Å²) in [4.78, 5) is 25.6. The van der Waals surface area contributed by atoms with E-state index < -0.39 is 0 Å². The molecule has 0 aliphatic heterocycles. The lowest BCUT2D eigenvalue weighted by atomic mass is 10.3. The highest BCUT2D eigenvalue weighted by atomic mass is 35.5. The summed E-state index contributed by atoms with van der Waals surface area (Å²) in [5, 5.41) is 3.46. The highest BCUT2D eigenvalue weighted by molar-refractivity contribution is 6.30. The van der Waals surface area contributed by atoms with Gasteiger partial charge >= 0.3 is 5.97 Å². The molecule has 1 aromatic rings. The minimum atomic E-state index is -0.290. The number of ether oxygens (including phenoxy) is 2. The molecular weight excluding hydrogens is 344 g/mol. The van der Waals surface area contributed by atoms with Crippen molar-refractivity contribution in [3.8, 4) is 5.75 Å². The van der Waals surface area contributed by atoms with Crippen molar-refractivity contribution < 1.29 is 19.1 Å². The van der Waals surface area contributed by atoms with Crippen LogP contribution in [-0.4, -0.2) is 56.2 Å². The van der Waals surface area contributed by atoms with Crippen molar-refractivity contribution in [2.75, 3.05) is 39.4 Å². The van der Waals surface area contributed by atoms with E-state index >= 15 is 0 Å². The van der Waals surface area contributed by atoms with E-state index in [0.29, 0.717) is 36.4 Å². The molecule has 0 aromatic heterocycles. The summed E-state index contributed by atoms with van der Waals surface area (Å²) in [5.74, 6) is 0.887. The first-order chi connectivity index (χ1) is 12.1. The maximum Gasteiger partial charge on any atom is 0.320 e. The number of rotatable bonds is 11. The zero-order valence-corrected chi connectivity index (χ0v) is 15.3. The second kappa shape index (κ2) is 10.3. The van der Waals surface area contributed by atoms with Crippen molar-refractivity contribution in [3.05, 3.63) is 29.3 Å². The average molecular weight is 369 g/mol. The summed E-state index contributed by atoms with van der Waals surface area (Å²) < 4.78 is 10.5. The van der Waals surface area contributed by atoms with E-state index in [1.165, 1.54) is 0 Å². The Balaban J connectivity index is 1.66. The Hall–Kier alpha value is -1.79. The van der Waals surface area contributed by atoms with E-state index in [4.69, 9.17) is 21.1 Å². The van der Waals surface area contributed by atoms with Gasteiger partial charge in [-0.25, -0.2) is 0 Å². The predicted octanol–water partition coefficient (Wildman–Crippen LogP) is 2.11. The number of hydrogen-bond acceptors (Lipinski definition) is 5. The number of nitrogens with zero attached hydrogens (tertiary/aromatic N) is 1. The number of carbonyl (C=O) groups excluding carboxylic acids is 2. The molecule has 1 aliphatic rings. The molecular formula is C18H25ClN2O4. The SMILES string of the molecule is CCOC(=O)CN(CC(=O)NCCOc1ccc(Cl)cc1)CC1CC1. The first-order valence-electron chi connectivity index (χ1n) is 8.60. The number of benzene rings is 1. The van der Waals surface area contributed by atoms with Crippen LogP contribution in [0.1, 0.15) is 19.8 Å². The molecule has 1 aromatic carbocycles. The quantitative estimate of drug-likeness (QED) is 0.478. The highest BCUT2D eigenvalue weighted by Crippen LogP contribution is 2.29. The molecule has 0 atom stereocenters. The normalized spacial score (nSPS) is 13.6. The van der Waals surface area contributed by atoms with Gasteiger partial charge in [-0.05, 0) is 49.9 Å². The second-order valence-electron chi connectivity index (χ2n) is 6.07. The van der Waals surface area contributed by atoms with E-state index in [1.807, 2.05) is 4.90 Å². The number of hydrogen-bond donors (Lipinski definition) is 1. The van der Waals surface area contributed by atoms with Crippen LogP contribution in [0.4, 0.5) is 0 Å². The van der Waals surface area contributed by atoms with Crippen LogP contribution in [0.5, 0.6) is 5.75 Å². The molecule has 138 valence electrons. The fraction of sp³-hybridized carbons (Fsp3) is 0.556. The molecule has 1 amide bonds. The van der Waals surface area contributed by atoms with Crippen LogP contribution in [0, 0.1) is 5.92 Å². The van der Waals surface area contributed by atoms with Gasteiger partial charge in [-0.15, -0.1) is 0 Å². The van der Waals surface area contributed by atoms with E-state index in [2.05, 4.69) is 5.32 Å². The molecule has 0 bridgehead atoms. The van der Waals surface area contributed by atoms with Gasteiger partial charge < -0.3 is 14.8 Å². The summed E-state index contributed by atoms with van der Waals surface area (Å²) >= 11 is 5.81. The van der Waals surface area contributed by atoms with E-state index in [0.717, 1.165) is 19.4 Å². The van der Waals surface area contributed by atoms with Crippen molar-refractivity contribution in [1.29, 1.82) is 0 Å². The van der Waals surface area contributed by atoms with Crippen molar-refractivity contribution in [2.24, 2.45) is 5.92 Å². The zero-order valence-electron chi connectivity index (χ0n) is 14.5. The smallest absolute Gasteiger partial charge is 0.320 e. The molecule has 0 unspecified atom stereocenters. The Morgan fingerprint density at radius 1 is 1.24 bits per heavy atom. The monoisotopic (exact) mass is 368 g/mol. The van der Waals surface area contributed by atoms with Crippen LogP contribution >= 0.6 is 11.6 Å². The first-order valence-corrected chi connectivity index (χ1v) is 8.97. The molecule has 2 rings (SSSR count). The standard InChI is InChI=1S/C18H25ClN2O4/c1-2-24-18(23)13-21(11-14-3-4-14)12-17(22)20-9-10-25-16-7-5-15(19)6-8-16/h5-8,14H,2-4,9-13H2,1H3,(H,20,22). The van der Waals surface area contributed by atoms with Crippen LogP contribution in [0.2, 0.25) is 5.02 Å². The summed E-state index contributed by atoms with van der Waals surface area (Å²) in [6.07, 6.45) is 2.33. The van der Waals surface area contributed by atoms with Crippen LogP contribution in [-0.2, 0) is 14.3 Å². The molecule has 1 fully saturated rings. The topological polar surface area (TPSA) is 67.9 Å². The van der Waals surface area contributed by atoms with Crippen molar-refractivity contribution >= 4 is 23.5 Å². The zero-order chi connectivity index (χ0) is 18.1. The first kappa shape index (κ1) is 19.5.